The highest BCUT2D eigenvalue weighted by Gasteiger charge is 2.36. The third-order valence-corrected chi connectivity index (χ3v) is 5.63. The van der Waals surface area contributed by atoms with Crippen LogP contribution in [0.1, 0.15) is 35.7 Å². The molecule has 0 aromatic carbocycles. The molecule has 118 valence electrons. The number of fused-ring (bicyclic) bond motifs is 5. The van der Waals surface area contributed by atoms with Crippen molar-refractivity contribution in [1.29, 1.82) is 0 Å². The van der Waals surface area contributed by atoms with Gasteiger partial charge in [0.2, 0.25) is 0 Å². The summed E-state index contributed by atoms with van der Waals surface area (Å²) in [6, 6.07) is 5.70. The molecular formula is C18H20N4O. The first kappa shape index (κ1) is 13.3. The Morgan fingerprint density at radius 3 is 3.00 bits per heavy atom. The molecule has 2 unspecified atom stereocenters. The van der Waals surface area contributed by atoms with Gasteiger partial charge in [-0.1, -0.05) is 6.07 Å². The van der Waals surface area contributed by atoms with Gasteiger partial charge < -0.3 is 9.47 Å². The van der Waals surface area contributed by atoms with E-state index < -0.39 is 0 Å². The van der Waals surface area contributed by atoms with Gasteiger partial charge in [0.1, 0.15) is 12.1 Å². The van der Waals surface area contributed by atoms with Crippen LogP contribution in [0.3, 0.4) is 0 Å². The summed E-state index contributed by atoms with van der Waals surface area (Å²) in [5.41, 5.74) is 3.94. The van der Waals surface area contributed by atoms with Gasteiger partial charge in [-0.15, -0.1) is 0 Å². The molecule has 2 bridgehead atoms. The maximum Gasteiger partial charge on any atom is 0.250 e. The van der Waals surface area contributed by atoms with Crippen molar-refractivity contribution in [2.24, 2.45) is 5.92 Å². The third kappa shape index (κ3) is 2.02. The maximum absolute atomic E-state index is 12.1. The average Bonchev–Trinajstić information content (AvgIpc) is 3.04. The minimum Gasteiger partial charge on any atom is -0.355 e. The summed E-state index contributed by atoms with van der Waals surface area (Å²) < 4.78 is 1.99. The van der Waals surface area contributed by atoms with Gasteiger partial charge in [-0.05, 0) is 37.7 Å². The summed E-state index contributed by atoms with van der Waals surface area (Å²) in [4.78, 5) is 23.7. The molecule has 5 rings (SSSR count). The van der Waals surface area contributed by atoms with E-state index in [2.05, 4.69) is 20.9 Å². The molecule has 5 heteroatoms. The van der Waals surface area contributed by atoms with E-state index in [0.717, 1.165) is 38.3 Å². The zero-order valence-corrected chi connectivity index (χ0v) is 13.1. The van der Waals surface area contributed by atoms with Crippen molar-refractivity contribution in [3.63, 3.8) is 0 Å². The van der Waals surface area contributed by atoms with Crippen molar-refractivity contribution in [2.75, 3.05) is 18.0 Å². The quantitative estimate of drug-likeness (QED) is 0.805. The fourth-order valence-electron chi connectivity index (χ4n) is 4.68. The second-order valence-electron chi connectivity index (χ2n) is 7.08. The number of anilines is 1. The van der Waals surface area contributed by atoms with Gasteiger partial charge in [-0.25, -0.2) is 9.97 Å². The molecule has 5 nitrogen and oxygen atoms in total. The molecule has 3 aliphatic rings. The summed E-state index contributed by atoms with van der Waals surface area (Å²) in [6.07, 6.45) is 6.30. The molecule has 2 aliphatic heterocycles. The van der Waals surface area contributed by atoms with E-state index in [9.17, 15) is 4.79 Å². The summed E-state index contributed by atoms with van der Waals surface area (Å²) in [7, 11) is 0. The Morgan fingerprint density at radius 2 is 2.04 bits per heavy atom. The number of piperidine rings is 1. The predicted octanol–water partition coefficient (Wildman–Crippen LogP) is 1.75. The molecular weight excluding hydrogens is 288 g/mol. The number of hydrogen-bond acceptors (Lipinski definition) is 4. The van der Waals surface area contributed by atoms with Gasteiger partial charge in [-0.2, -0.15) is 0 Å². The molecule has 23 heavy (non-hydrogen) atoms. The molecule has 1 fully saturated rings. The van der Waals surface area contributed by atoms with Gasteiger partial charge in [0.25, 0.3) is 5.56 Å². The topological polar surface area (TPSA) is 51.0 Å². The van der Waals surface area contributed by atoms with E-state index >= 15 is 0 Å². The lowest BCUT2D eigenvalue weighted by molar-refractivity contribution is 0.280. The van der Waals surface area contributed by atoms with Gasteiger partial charge in [0, 0.05) is 48.6 Å². The second-order valence-corrected chi connectivity index (χ2v) is 7.08. The monoisotopic (exact) mass is 308 g/mol. The first-order valence-electron chi connectivity index (χ1n) is 8.57. The van der Waals surface area contributed by atoms with E-state index in [4.69, 9.17) is 0 Å². The maximum atomic E-state index is 12.1. The lowest BCUT2D eigenvalue weighted by Crippen LogP contribution is -2.47. The summed E-state index contributed by atoms with van der Waals surface area (Å²) in [5.74, 6) is 2.12. The average molecular weight is 308 g/mol. The highest BCUT2D eigenvalue weighted by atomic mass is 16.1. The number of hydrogen-bond donors (Lipinski definition) is 0. The molecule has 2 aromatic heterocycles. The Labute approximate surface area is 135 Å². The molecule has 1 saturated heterocycles. The normalized spacial score (nSPS) is 25.1. The highest BCUT2D eigenvalue weighted by molar-refractivity contribution is 5.51. The van der Waals surface area contributed by atoms with Crippen LogP contribution < -0.4 is 10.5 Å². The van der Waals surface area contributed by atoms with Crippen LogP contribution in [0.15, 0.2) is 29.3 Å². The second kappa shape index (κ2) is 4.91. The molecule has 0 radical (unpaired) electrons. The van der Waals surface area contributed by atoms with E-state index in [1.54, 1.807) is 12.4 Å². The van der Waals surface area contributed by atoms with Crippen molar-refractivity contribution >= 4 is 5.82 Å². The van der Waals surface area contributed by atoms with Crippen molar-refractivity contribution in [3.05, 3.63) is 51.8 Å². The summed E-state index contributed by atoms with van der Waals surface area (Å²) in [6.45, 7) is 2.80. The van der Waals surface area contributed by atoms with Crippen molar-refractivity contribution in [1.82, 2.24) is 14.5 Å². The van der Waals surface area contributed by atoms with Crippen LogP contribution >= 0.6 is 0 Å². The van der Waals surface area contributed by atoms with Crippen molar-refractivity contribution in [2.45, 2.75) is 38.1 Å². The predicted molar refractivity (Wildman–Crippen MR) is 87.8 cm³/mol. The van der Waals surface area contributed by atoms with Gasteiger partial charge >= 0.3 is 0 Å². The Kier molecular flexibility index (Phi) is 2.84. The molecule has 0 saturated carbocycles. The molecule has 1 aliphatic carbocycles. The van der Waals surface area contributed by atoms with Crippen LogP contribution in [0.5, 0.6) is 0 Å². The molecule has 0 spiro atoms. The molecule has 0 N–H and O–H groups in total. The van der Waals surface area contributed by atoms with Gasteiger partial charge in [0.05, 0.1) is 0 Å². The van der Waals surface area contributed by atoms with Crippen LogP contribution in [0.25, 0.3) is 0 Å². The van der Waals surface area contributed by atoms with E-state index in [1.165, 1.54) is 29.8 Å². The zero-order valence-electron chi connectivity index (χ0n) is 13.1. The third-order valence-electron chi connectivity index (χ3n) is 5.63. The largest absolute Gasteiger partial charge is 0.355 e. The Hall–Kier alpha value is -2.17. The lowest BCUT2D eigenvalue weighted by atomic mass is 9.83. The Balaban J connectivity index is 1.53. The van der Waals surface area contributed by atoms with E-state index in [0.29, 0.717) is 11.8 Å². The fraction of sp³-hybridized carbons (Fsp3) is 0.500. The summed E-state index contributed by atoms with van der Waals surface area (Å²) >= 11 is 0. The molecule has 2 atom stereocenters. The smallest absolute Gasteiger partial charge is 0.250 e. The number of pyridine rings is 1. The van der Waals surface area contributed by atoms with E-state index in [1.807, 2.05) is 10.6 Å². The first-order valence-corrected chi connectivity index (χ1v) is 8.57. The molecule has 2 aromatic rings. The molecule has 4 heterocycles. The minimum absolute atomic E-state index is 0.147. The first-order chi connectivity index (χ1) is 11.3. The van der Waals surface area contributed by atoms with Gasteiger partial charge in [0.15, 0.2) is 0 Å². The SMILES string of the molecule is O=c1cccc2n1CC1CC2CN(c2ncnc3c2CCC3)C1. The van der Waals surface area contributed by atoms with Crippen LogP contribution in [-0.2, 0) is 19.4 Å². The summed E-state index contributed by atoms with van der Waals surface area (Å²) in [5, 5.41) is 0. The van der Waals surface area contributed by atoms with Crippen molar-refractivity contribution < 1.29 is 0 Å². The zero-order chi connectivity index (χ0) is 15.4. The molecule has 0 amide bonds. The number of rotatable bonds is 1. The van der Waals surface area contributed by atoms with Gasteiger partial charge in [-0.3, -0.25) is 4.79 Å². The number of nitrogens with zero attached hydrogens (tertiary/aromatic N) is 4. The highest BCUT2D eigenvalue weighted by Crippen LogP contribution is 2.38. The Bertz CT molecular complexity index is 828. The number of aryl methyl sites for hydroxylation is 1. The van der Waals surface area contributed by atoms with Crippen molar-refractivity contribution in [3.8, 4) is 0 Å². The Morgan fingerprint density at radius 1 is 1.09 bits per heavy atom. The fourth-order valence-corrected chi connectivity index (χ4v) is 4.68. The van der Waals surface area contributed by atoms with Crippen LogP contribution in [-0.4, -0.2) is 27.6 Å². The minimum atomic E-state index is 0.147. The van der Waals surface area contributed by atoms with Crippen LogP contribution in [0.4, 0.5) is 5.82 Å². The lowest BCUT2D eigenvalue weighted by Gasteiger charge is -2.43. The standard InChI is InChI=1S/C18H20N4O/c23-17-6-2-5-16-13-7-12(9-22(16)17)8-21(10-13)18-14-3-1-4-15(14)19-11-20-18/h2,5-6,11-13H,1,3-4,7-10H2. The van der Waals surface area contributed by atoms with Crippen LogP contribution in [0, 0.1) is 5.92 Å². The van der Waals surface area contributed by atoms with Crippen LogP contribution in [0.2, 0.25) is 0 Å². The number of aromatic nitrogens is 3. The van der Waals surface area contributed by atoms with E-state index in [-0.39, 0.29) is 5.56 Å².